The lowest BCUT2D eigenvalue weighted by Crippen LogP contribution is -2.50. The summed E-state index contributed by atoms with van der Waals surface area (Å²) < 4.78 is 23.1. The molecule has 1 aliphatic carbocycles. The van der Waals surface area contributed by atoms with Gasteiger partial charge in [0.25, 0.3) is 0 Å². The van der Waals surface area contributed by atoms with E-state index >= 15 is 0 Å². The summed E-state index contributed by atoms with van der Waals surface area (Å²) in [4.78, 5) is 16.4. The van der Waals surface area contributed by atoms with Gasteiger partial charge in [0, 0.05) is 32.1 Å². The van der Waals surface area contributed by atoms with E-state index in [-0.39, 0.29) is 23.3 Å². The van der Waals surface area contributed by atoms with Gasteiger partial charge in [0.1, 0.15) is 0 Å². The van der Waals surface area contributed by atoms with Crippen LogP contribution in [0.2, 0.25) is 0 Å². The zero-order chi connectivity index (χ0) is 16.7. The molecule has 24 heavy (non-hydrogen) atoms. The van der Waals surface area contributed by atoms with Crippen molar-refractivity contribution in [3.63, 3.8) is 0 Å². The van der Waals surface area contributed by atoms with E-state index < -0.39 is 9.84 Å². The van der Waals surface area contributed by atoms with Crippen LogP contribution in [0.15, 0.2) is 12.1 Å². The van der Waals surface area contributed by atoms with Crippen molar-refractivity contribution < 1.29 is 13.2 Å². The molecule has 3 fully saturated rings. The first-order valence-corrected chi connectivity index (χ1v) is 10.4. The Hall–Kier alpha value is -1.70. The van der Waals surface area contributed by atoms with Crippen LogP contribution in [0.25, 0.3) is 0 Å². The van der Waals surface area contributed by atoms with Crippen molar-refractivity contribution >= 4 is 21.6 Å². The topological polar surface area (TPSA) is 83.5 Å². The van der Waals surface area contributed by atoms with Gasteiger partial charge in [0.15, 0.2) is 15.7 Å². The van der Waals surface area contributed by atoms with Gasteiger partial charge in [0.2, 0.25) is 5.91 Å². The molecule has 1 aromatic heterocycles. The minimum atomic E-state index is -3.02. The molecule has 130 valence electrons. The predicted octanol–water partition coefficient (Wildman–Crippen LogP) is 0.437. The summed E-state index contributed by atoms with van der Waals surface area (Å²) in [5.41, 5.74) is 1.08. The van der Waals surface area contributed by atoms with Gasteiger partial charge in [-0.1, -0.05) is 0 Å². The molecule has 0 N–H and O–H groups in total. The fourth-order valence-electron chi connectivity index (χ4n) is 3.50. The first kappa shape index (κ1) is 15.8. The number of rotatable bonds is 3. The number of carbonyl (C=O) groups excluding carboxylic acids is 1. The van der Waals surface area contributed by atoms with Gasteiger partial charge in [-0.3, -0.25) is 4.79 Å². The van der Waals surface area contributed by atoms with Gasteiger partial charge >= 0.3 is 0 Å². The van der Waals surface area contributed by atoms with Crippen molar-refractivity contribution in [1.29, 1.82) is 0 Å². The highest BCUT2D eigenvalue weighted by atomic mass is 32.2. The van der Waals surface area contributed by atoms with Crippen molar-refractivity contribution in [3.8, 4) is 0 Å². The van der Waals surface area contributed by atoms with E-state index in [1.807, 2.05) is 6.07 Å². The average Bonchev–Trinajstić information content (AvgIpc) is 3.38. The van der Waals surface area contributed by atoms with Crippen molar-refractivity contribution in [2.24, 2.45) is 5.92 Å². The standard InChI is InChI=1S/C16H22N4O3S/c21-16(13-5-10-24(22,23)11-13)20-8-6-19(7-9-20)15-4-3-14(17-18-15)12-1-2-12/h3-4,12-13H,1-2,5-11H2. The molecule has 2 saturated heterocycles. The van der Waals surface area contributed by atoms with Gasteiger partial charge in [-0.2, -0.15) is 5.10 Å². The second-order valence-corrected chi connectivity index (χ2v) is 9.23. The smallest absolute Gasteiger partial charge is 0.226 e. The Morgan fingerprint density at radius 2 is 1.79 bits per heavy atom. The zero-order valence-electron chi connectivity index (χ0n) is 13.6. The number of hydrogen-bond donors (Lipinski definition) is 0. The molecular weight excluding hydrogens is 328 g/mol. The van der Waals surface area contributed by atoms with Crippen LogP contribution in [0.1, 0.15) is 30.9 Å². The second kappa shape index (κ2) is 5.98. The Balaban J connectivity index is 1.33. The van der Waals surface area contributed by atoms with E-state index in [9.17, 15) is 13.2 Å². The molecule has 1 unspecified atom stereocenters. The maximum Gasteiger partial charge on any atom is 0.226 e. The maximum atomic E-state index is 12.5. The van der Waals surface area contributed by atoms with Crippen LogP contribution in [0.4, 0.5) is 5.82 Å². The number of amides is 1. The number of hydrogen-bond acceptors (Lipinski definition) is 6. The molecule has 1 atom stereocenters. The predicted molar refractivity (Wildman–Crippen MR) is 89.6 cm³/mol. The number of carbonyl (C=O) groups is 1. The van der Waals surface area contributed by atoms with Crippen molar-refractivity contribution in [2.75, 3.05) is 42.6 Å². The first-order valence-electron chi connectivity index (χ1n) is 8.60. The van der Waals surface area contributed by atoms with Crippen LogP contribution in [0.3, 0.4) is 0 Å². The fraction of sp³-hybridized carbons (Fsp3) is 0.688. The highest BCUT2D eigenvalue weighted by Gasteiger charge is 2.36. The minimum Gasteiger partial charge on any atom is -0.352 e. The molecule has 0 aromatic carbocycles. The number of sulfone groups is 1. The van der Waals surface area contributed by atoms with Crippen LogP contribution in [0.5, 0.6) is 0 Å². The highest BCUT2D eigenvalue weighted by Crippen LogP contribution is 2.38. The van der Waals surface area contributed by atoms with Gasteiger partial charge in [-0.05, 0) is 31.4 Å². The molecule has 7 nitrogen and oxygen atoms in total. The Morgan fingerprint density at radius 1 is 1.04 bits per heavy atom. The quantitative estimate of drug-likeness (QED) is 0.786. The Morgan fingerprint density at radius 3 is 2.33 bits per heavy atom. The molecule has 1 aromatic rings. The molecule has 8 heteroatoms. The molecule has 4 rings (SSSR count). The van der Waals surface area contributed by atoms with E-state index in [1.165, 1.54) is 12.8 Å². The Labute approximate surface area is 142 Å². The van der Waals surface area contributed by atoms with Crippen LogP contribution in [0, 0.1) is 5.92 Å². The monoisotopic (exact) mass is 350 g/mol. The summed E-state index contributed by atoms with van der Waals surface area (Å²) >= 11 is 0. The number of anilines is 1. The van der Waals surface area contributed by atoms with E-state index in [2.05, 4.69) is 21.2 Å². The molecule has 2 aliphatic heterocycles. The van der Waals surface area contributed by atoms with Crippen LogP contribution < -0.4 is 4.90 Å². The van der Waals surface area contributed by atoms with Crippen molar-refractivity contribution in [2.45, 2.75) is 25.2 Å². The molecule has 3 aliphatic rings. The van der Waals surface area contributed by atoms with E-state index in [0.29, 0.717) is 38.5 Å². The molecule has 3 heterocycles. The summed E-state index contributed by atoms with van der Waals surface area (Å²) in [6.07, 6.45) is 2.90. The summed E-state index contributed by atoms with van der Waals surface area (Å²) in [5.74, 6) is 1.26. The molecule has 0 spiro atoms. The molecule has 0 bridgehead atoms. The summed E-state index contributed by atoms with van der Waals surface area (Å²) in [6.45, 7) is 2.65. The lowest BCUT2D eigenvalue weighted by atomic mass is 10.1. The van der Waals surface area contributed by atoms with Gasteiger partial charge in [-0.25, -0.2) is 8.42 Å². The normalized spacial score (nSPS) is 26.6. The largest absolute Gasteiger partial charge is 0.352 e. The van der Waals surface area contributed by atoms with Gasteiger partial charge in [0.05, 0.1) is 23.1 Å². The summed E-state index contributed by atoms with van der Waals surface area (Å²) in [5, 5.41) is 8.63. The third-order valence-electron chi connectivity index (χ3n) is 5.16. The first-order chi connectivity index (χ1) is 11.5. The number of aromatic nitrogens is 2. The van der Waals surface area contributed by atoms with Crippen molar-refractivity contribution in [3.05, 3.63) is 17.8 Å². The van der Waals surface area contributed by atoms with E-state index in [1.54, 1.807) is 4.90 Å². The molecule has 0 radical (unpaired) electrons. The SMILES string of the molecule is O=C(C1CCS(=O)(=O)C1)N1CCN(c2ccc(C3CC3)nn2)CC1. The Kier molecular flexibility index (Phi) is 3.94. The van der Waals surface area contributed by atoms with Gasteiger partial charge in [-0.15, -0.1) is 5.10 Å². The van der Waals surface area contributed by atoms with E-state index in [0.717, 1.165) is 11.5 Å². The summed E-state index contributed by atoms with van der Waals surface area (Å²) in [7, 11) is -3.02. The fourth-order valence-corrected chi connectivity index (χ4v) is 5.24. The molecule has 1 amide bonds. The lowest BCUT2D eigenvalue weighted by Gasteiger charge is -2.36. The maximum absolute atomic E-state index is 12.5. The number of nitrogens with zero attached hydrogens (tertiary/aromatic N) is 4. The molecule has 1 saturated carbocycles. The number of piperazine rings is 1. The average molecular weight is 350 g/mol. The van der Waals surface area contributed by atoms with E-state index in [4.69, 9.17) is 0 Å². The minimum absolute atomic E-state index is 0.00843. The van der Waals surface area contributed by atoms with Crippen molar-refractivity contribution in [1.82, 2.24) is 15.1 Å². The summed E-state index contributed by atoms with van der Waals surface area (Å²) in [6, 6.07) is 4.07. The second-order valence-electron chi connectivity index (χ2n) is 7.00. The van der Waals surface area contributed by atoms with Crippen LogP contribution >= 0.6 is 0 Å². The third kappa shape index (κ3) is 3.24. The zero-order valence-corrected chi connectivity index (χ0v) is 14.4. The molecular formula is C16H22N4O3S. The van der Waals surface area contributed by atoms with Gasteiger partial charge < -0.3 is 9.80 Å². The lowest BCUT2D eigenvalue weighted by molar-refractivity contribution is -0.135. The van der Waals surface area contributed by atoms with Crippen LogP contribution in [-0.2, 0) is 14.6 Å². The highest BCUT2D eigenvalue weighted by molar-refractivity contribution is 7.91. The Bertz CT molecular complexity index is 722. The third-order valence-corrected chi connectivity index (χ3v) is 6.93. The van der Waals surface area contributed by atoms with Crippen LogP contribution in [-0.4, -0.2) is 67.1 Å².